The van der Waals surface area contributed by atoms with Crippen LogP contribution in [0.4, 0.5) is 0 Å². The molecule has 0 saturated heterocycles. The molecule has 24 heteroatoms. The van der Waals surface area contributed by atoms with Crippen LogP contribution in [0.2, 0.25) is 0 Å². The normalized spacial score (nSPS) is 15.7. The second-order valence-corrected chi connectivity index (χ2v) is 28.3. The van der Waals surface area contributed by atoms with Gasteiger partial charge in [-0.15, -0.1) is 10.2 Å². The number of fused-ring (bicyclic) bond motifs is 4. The molecule has 1 unspecified atom stereocenters. The number of likely N-dealkylation sites (N-methyl/N-ethyl adjacent to an activating group) is 1. The van der Waals surface area contributed by atoms with Crippen molar-refractivity contribution < 1.29 is 62.4 Å². The fraction of sp³-hybridized carbons (Fsp3) is 0.520. The van der Waals surface area contributed by atoms with Gasteiger partial charge in [0.25, 0.3) is 0 Å². The van der Waals surface area contributed by atoms with E-state index in [0.29, 0.717) is 92.9 Å². The van der Waals surface area contributed by atoms with Gasteiger partial charge in [-0.05, 0) is 146 Å². The molecule has 3 heterocycles. The molecular weight excluding hydrogens is 1280 g/mol. The molecular formula is C75H94N10O13S. The van der Waals surface area contributed by atoms with Crippen LogP contribution in [0, 0.1) is 17.8 Å². The molecule has 0 fully saturated rings. The third-order valence-electron chi connectivity index (χ3n) is 19.2. The number of aryl methyl sites for hydroxylation is 5. The van der Waals surface area contributed by atoms with Crippen LogP contribution in [-0.4, -0.2) is 155 Å². The summed E-state index contributed by atoms with van der Waals surface area (Å²) in [5.41, 5.74) is 12.2. The van der Waals surface area contributed by atoms with Gasteiger partial charge in [0.05, 0.1) is 29.6 Å². The predicted octanol–water partition coefficient (Wildman–Crippen LogP) is 10.1. The van der Waals surface area contributed by atoms with E-state index in [2.05, 4.69) is 69.1 Å². The van der Waals surface area contributed by atoms with Crippen molar-refractivity contribution >= 4 is 59.3 Å². The van der Waals surface area contributed by atoms with Crippen molar-refractivity contribution in [1.29, 1.82) is 0 Å². The highest BCUT2D eigenvalue weighted by Crippen LogP contribution is 2.54. The number of nitrogens with one attached hydrogen (secondary N) is 1. The predicted molar refractivity (Wildman–Crippen MR) is 373 cm³/mol. The Morgan fingerprint density at radius 3 is 1.83 bits per heavy atom. The number of hydrogen-bond donors (Lipinski definition) is 2. The Morgan fingerprint density at radius 1 is 0.616 bits per heavy atom. The third-order valence-corrected chi connectivity index (χ3v) is 20.2. The Bertz CT molecular complexity index is 3920. The van der Waals surface area contributed by atoms with Gasteiger partial charge in [-0.1, -0.05) is 101 Å². The van der Waals surface area contributed by atoms with Gasteiger partial charge in [0.15, 0.2) is 23.0 Å². The van der Waals surface area contributed by atoms with E-state index < -0.39 is 35.8 Å². The highest BCUT2D eigenvalue weighted by molar-refractivity contribution is 7.99. The minimum Gasteiger partial charge on any atom is -0.481 e. The molecule has 4 aliphatic rings. The zero-order valence-electron chi connectivity index (χ0n) is 58.2. The summed E-state index contributed by atoms with van der Waals surface area (Å²) in [4.78, 5) is 110. The van der Waals surface area contributed by atoms with Gasteiger partial charge in [-0.25, -0.2) is 0 Å². The molecule has 3 aliphatic carbocycles. The lowest BCUT2D eigenvalue weighted by molar-refractivity contribution is -0.139. The first-order valence-corrected chi connectivity index (χ1v) is 36.4. The average Bonchev–Trinajstić information content (AvgIpc) is 1.02. The second kappa shape index (κ2) is 34.3. The molecule has 4 aromatic carbocycles. The molecule has 0 radical (unpaired) electrons. The van der Waals surface area contributed by atoms with Gasteiger partial charge in [-0.2, -0.15) is 11.8 Å². The van der Waals surface area contributed by atoms with Crippen molar-refractivity contribution in [3.05, 3.63) is 118 Å². The third kappa shape index (κ3) is 18.8. The maximum absolute atomic E-state index is 13.9. The van der Waals surface area contributed by atoms with Gasteiger partial charge >= 0.3 is 29.8 Å². The Kier molecular flexibility index (Phi) is 25.3. The molecule has 6 aromatic rings. The Balaban J connectivity index is 0.648. The number of aromatic nitrogens is 6. The number of thioether (sulfide) groups is 1. The maximum Gasteiger partial charge on any atom is 0.313 e. The number of benzene rings is 4. The van der Waals surface area contributed by atoms with Crippen LogP contribution in [-0.2, 0) is 90.0 Å². The van der Waals surface area contributed by atoms with E-state index in [1.165, 1.54) is 34.0 Å². The van der Waals surface area contributed by atoms with Gasteiger partial charge in [0, 0.05) is 126 Å². The number of carboxylic acids is 1. The Morgan fingerprint density at radius 2 is 1.19 bits per heavy atom. The van der Waals surface area contributed by atoms with Crippen LogP contribution in [0.25, 0.3) is 22.3 Å². The van der Waals surface area contributed by atoms with Gasteiger partial charge < -0.3 is 39.2 Å². The molecule has 10 rings (SSSR count). The molecule has 2 N–H and O–H groups in total. The highest BCUT2D eigenvalue weighted by atomic mass is 32.2. The molecule has 528 valence electrons. The fourth-order valence-corrected chi connectivity index (χ4v) is 14.6. The van der Waals surface area contributed by atoms with E-state index >= 15 is 0 Å². The van der Waals surface area contributed by atoms with Crippen LogP contribution in [0.15, 0.2) is 73.1 Å². The first-order chi connectivity index (χ1) is 47.7. The molecule has 0 saturated carbocycles. The molecule has 0 bridgehead atoms. The van der Waals surface area contributed by atoms with Crippen molar-refractivity contribution in [2.45, 2.75) is 176 Å². The molecule has 0 spiro atoms. The van der Waals surface area contributed by atoms with Crippen LogP contribution < -0.4 is 24.3 Å². The van der Waals surface area contributed by atoms with Crippen molar-refractivity contribution in [2.75, 3.05) is 57.8 Å². The lowest BCUT2D eigenvalue weighted by atomic mass is 9.67. The van der Waals surface area contributed by atoms with E-state index in [1.807, 2.05) is 24.3 Å². The van der Waals surface area contributed by atoms with Crippen LogP contribution in [0.1, 0.15) is 169 Å². The molecule has 2 aromatic heterocycles. The standard InChI is InChI=1S/C75H94N10O13S/c1-8-63(87)82(37-33-76-62(86)21-11-17-54-45-84(79-77-54)34-13-23-66(91)95-60-29-28-53-44-59-69-51(31-36-81(59)7)16-10-20-57(69)71(53)73(60)98-75(94)48(4)5)38-39-83(40-42-99-41-32-65(89)90)64(88)22-12-18-55-46-85(80-78-55)35-14-24-67(92)97-72-61(96-74(93)47(2)3)30-27-52-43-58-49(6)25-26-50-15-9-19-56(68(50)58)70(52)72/h9-10,15-16,19-20,27-30,45-49,58-59H,8,11-14,17-18,21-26,31-44H2,1-7H3,(H,76,86)(H,89,90)/t49?,58-,59+/m0/s1. The number of hydrogen-bond acceptors (Lipinski definition) is 18. The lowest BCUT2D eigenvalue weighted by Gasteiger charge is -2.40. The fourth-order valence-electron chi connectivity index (χ4n) is 13.7. The van der Waals surface area contributed by atoms with Gasteiger partial charge in [0.1, 0.15) is 0 Å². The van der Waals surface area contributed by atoms with Crippen LogP contribution in [0.3, 0.4) is 0 Å². The summed E-state index contributed by atoms with van der Waals surface area (Å²) in [6.45, 7) is 14.1. The largest absolute Gasteiger partial charge is 0.481 e. The minimum absolute atomic E-state index is 0.00275. The summed E-state index contributed by atoms with van der Waals surface area (Å²) in [6, 6.07) is 20.2. The van der Waals surface area contributed by atoms with Crippen molar-refractivity contribution in [3.8, 4) is 45.3 Å². The van der Waals surface area contributed by atoms with E-state index in [-0.39, 0.29) is 117 Å². The topological polar surface area (TPSA) is 277 Å². The monoisotopic (exact) mass is 1370 g/mol. The number of ether oxygens (including phenoxy) is 4. The first-order valence-electron chi connectivity index (χ1n) is 35.2. The highest BCUT2D eigenvalue weighted by Gasteiger charge is 2.38. The number of carbonyl (C=O) groups excluding carboxylic acids is 7. The number of carbonyl (C=O) groups is 8. The zero-order chi connectivity index (χ0) is 70.3. The molecule has 3 amide bonds. The SMILES string of the molecule is CCC(=O)N(CCNC(=O)CCCc1cn(CCCC(=O)Oc2ccc3c(c2OC(=O)C(C)C)-c2cccc4c2[C@@H](C3)N(C)CC4)nn1)CCN(CCSCCC(=O)O)C(=O)CCCc1cn(CCCC(=O)Oc2c(OC(=O)C(C)C)ccc3c2-c2cccc4c2[C@@H](C3)C(C)CC4)nn1. The minimum atomic E-state index is -0.898. The van der Waals surface area contributed by atoms with Crippen molar-refractivity contribution in [1.82, 2.24) is 50.0 Å². The van der Waals surface area contributed by atoms with Crippen molar-refractivity contribution in [2.24, 2.45) is 17.8 Å². The maximum atomic E-state index is 13.9. The van der Waals surface area contributed by atoms with Gasteiger partial charge in [0.2, 0.25) is 17.7 Å². The number of esters is 4. The number of amides is 3. The number of carboxylic acid groups (broad SMARTS) is 1. The average molecular weight is 1380 g/mol. The van der Waals surface area contributed by atoms with Gasteiger partial charge in [-0.3, -0.25) is 52.6 Å². The second-order valence-electron chi connectivity index (χ2n) is 27.1. The summed E-state index contributed by atoms with van der Waals surface area (Å²) >= 11 is 1.44. The van der Waals surface area contributed by atoms with Crippen molar-refractivity contribution in [3.63, 3.8) is 0 Å². The summed E-state index contributed by atoms with van der Waals surface area (Å²) < 4.78 is 27.4. The molecule has 3 atom stereocenters. The molecule has 23 nitrogen and oxygen atoms in total. The Hall–Kier alpha value is -8.77. The number of rotatable bonds is 35. The van der Waals surface area contributed by atoms with E-state index in [4.69, 9.17) is 18.9 Å². The number of aliphatic carboxylic acids is 1. The summed E-state index contributed by atoms with van der Waals surface area (Å²) in [5, 5.41) is 29.3. The zero-order valence-corrected chi connectivity index (χ0v) is 59.0. The first kappa shape index (κ1) is 73.0. The van der Waals surface area contributed by atoms with Crippen LogP contribution in [0.5, 0.6) is 23.0 Å². The molecule has 99 heavy (non-hydrogen) atoms. The smallest absolute Gasteiger partial charge is 0.313 e. The number of nitrogens with zero attached hydrogens (tertiary/aromatic N) is 9. The molecule has 1 aliphatic heterocycles. The van der Waals surface area contributed by atoms with Crippen LogP contribution >= 0.6 is 11.8 Å². The Labute approximate surface area is 583 Å². The summed E-state index contributed by atoms with van der Waals surface area (Å²) in [6.07, 6.45) is 11.7. The lowest BCUT2D eigenvalue weighted by Crippen LogP contribution is -2.44. The van der Waals surface area contributed by atoms with E-state index in [9.17, 15) is 43.5 Å². The summed E-state index contributed by atoms with van der Waals surface area (Å²) in [7, 11) is 2.14. The van der Waals surface area contributed by atoms with E-state index in [1.54, 1.807) is 78.3 Å². The summed E-state index contributed by atoms with van der Waals surface area (Å²) in [5.74, 6) is -1.18. The quantitative estimate of drug-likeness (QED) is 0.0213. The van der Waals surface area contributed by atoms with E-state index in [0.717, 1.165) is 72.0 Å².